The quantitative estimate of drug-likeness (QED) is 0.784. The number of nitrogens with zero attached hydrogens (tertiary/aromatic N) is 5. The molecular formula is C19H22N6O. The maximum absolute atomic E-state index is 13.2. The van der Waals surface area contributed by atoms with Gasteiger partial charge in [-0.1, -0.05) is 12.1 Å². The number of benzene rings is 1. The molecule has 0 spiro atoms. The topological polar surface area (TPSA) is 79.7 Å². The van der Waals surface area contributed by atoms with Crippen molar-refractivity contribution >= 4 is 16.9 Å². The molecule has 1 amide bonds. The molecule has 1 aromatic carbocycles. The van der Waals surface area contributed by atoms with Gasteiger partial charge in [-0.3, -0.25) is 9.89 Å². The molecule has 1 saturated carbocycles. The van der Waals surface area contributed by atoms with Crippen molar-refractivity contribution in [1.82, 2.24) is 29.6 Å². The van der Waals surface area contributed by atoms with Crippen LogP contribution in [-0.4, -0.2) is 42.1 Å². The van der Waals surface area contributed by atoms with Gasteiger partial charge in [0, 0.05) is 12.5 Å². The second-order valence-corrected chi connectivity index (χ2v) is 7.34. The summed E-state index contributed by atoms with van der Waals surface area (Å²) in [6.07, 6.45) is 4.24. The third-order valence-corrected chi connectivity index (χ3v) is 5.41. The van der Waals surface area contributed by atoms with E-state index in [9.17, 15) is 4.79 Å². The molecule has 3 aromatic rings. The Labute approximate surface area is 151 Å². The molecule has 1 saturated heterocycles. The number of hydrogen-bond acceptors (Lipinski definition) is 4. The predicted octanol–water partition coefficient (Wildman–Crippen LogP) is 2.70. The maximum atomic E-state index is 13.2. The number of para-hydroxylation sites is 2. The largest absolute Gasteiger partial charge is 0.331 e. The highest BCUT2D eigenvalue weighted by Crippen LogP contribution is 2.41. The van der Waals surface area contributed by atoms with Gasteiger partial charge in [-0.05, 0) is 44.7 Å². The molecule has 26 heavy (non-hydrogen) atoms. The SMILES string of the molecule is Cc1nc([C@H]2CCCN2C(=O)Cn2c(C3CC3)nc3ccccc32)n[nH]1. The Hall–Kier alpha value is -2.70. The first-order valence-corrected chi connectivity index (χ1v) is 9.34. The lowest BCUT2D eigenvalue weighted by Gasteiger charge is -2.23. The van der Waals surface area contributed by atoms with Gasteiger partial charge < -0.3 is 9.47 Å². The molecule has 2 aromatic heterocycles. The summed E-state index contributed by atoms with van der Waals surface area (Å²) in [6.45, 7) is 2.99. The summed E-state index contributed by atoms with van der Waals surface area (Å²) in [7, 11) is 0. The average Bonchev–Trinajstić information content (AvgIpc) is 3.05. The van der Waals surface area contributed by atoms with Gasteiger partial charge in [0.2, 0.25) is 5.91 Å². The van der Waals surface area contributed by atoms with Crippen molar-refractivity contribution in [2.75, 3.05) is 6.54 Å². The van der Waals surface area contributed by atoms with E-state index < -0.39 is 0 Å². The van der Waals surface area contributed by atoms with Crippen LogP contribution >= 0.6 is 0 Å². The number of carbonyl (C=O) groups excluding carboxylic acids is 1. The van der Waals surface area contributed by atoms with Gasteiger partial charge in [-0.2, -0.15) is 5.10 Å². The molecule has 3 heterocycles. The number of rotatable bonds is 4. The Kier molecular flexibility index (Phi) is 3.55. The number of aromatic nitrogens is 5. The van der Waals surface area contributed by atoms with Crippen molar-refractivity contribution in [3.05, 3.63) is 41.7 Å². The fourth-order valence-corrected chi connectivity index (χ4v) is 3.98. The van der Waals surface area contributed by atoms with Crippen LogP contribution in [0.1, 0.15) is 55.1 Å². The van der Waals surface area contributed by atoms with Gasteiger partial charge in [0.05, 0.1) is 17.1 Å². The lowest BCUT2D eigenvalue weighted by atomic mass is 10.2. The van der Waals surface area contributed by atoms with Crippen LogP contribution in [0.15, 0.2) is 24.3 Å². The van der Waals surface area contributed by atoms with Gasteiger partial charge in [0.15, 0.2) is 5.82 Å². The summed E-state index contributed by atoms with van der Waals surface area (Å²) in [4.78, 5) is 24.3. The summed E-state index contributed by atoms with van der Waals surface area (Å²) in [5.74, 6) is 3.20. The number of H-pyrrole nitrogens is 1. The third kappa shape index (κ3) is 2.58. The second-order valence-electron chi connectivity index (χ2n) is 7.34. The first-order valence-electron chi connectivity index (χ1n) is 9.34. The zero-order chi connectivity index (χ0) is 17.7. The molecule has 5 rings (SSSR count). The number of likely N-dealkylation sites (tertiary alicyclic amines) is 1. The summed E-state index contributed by atoms with van der Waals surface area (Å²) >= 11 is 0. The Morgan fingerprint density at radius 2 is 2.08 bits per heavy atom. The first-order chi connectivity index (χ1) is 12.7. The van der Waals surface area contributed by atoms with E-state index in [1.807, 2.05) is 30.0 Å². The molecule has 1 atom stereocenters. The van der Waals surface area contributed by atoms with E-state index in [0.29, 0.717) is 12.5 Å². The highest BCUT2D eigenvalue weighted by Gasteiger charge is 2.35. The predicted molar refractivity (Wildman–Crippen MR) is 96.5 cm³/mol. The van der Waals surface area contributed by atoms with Crippen LogP contribution in [0.4, 0.5) is 0 Å². The standard InChI is InChI=1S/C19H22N6O/c1-12-20-18(23-22-12)16-7-4-10-24(16)17(26)11-25-15-6-3-2-5-14(15)21-19(25)13-8-9-13/h2-3,5-6,13,16H,4,7-11H2,1H3,(H,20,22,23)/t16-/m1/s1. The first kappa shape index (κ1) is 15.5. The van der Waals surface area contributed by atoms with E-state index >= 15 is 0 Å². The van der Waals surface area contributed by atoms with E-state index in [0.717, 1.165) is 47.9 Å². The highest BCUT2D eigenvalue weighted by molar-refractivity contribution is 5.81. The molecule has 0 radical (unpaired) electrons. The monoisotopic (exact) mass is 350 g/mol. The number of carbonyl (C=O) groups is 1. The molecule has 2 fully saturated rings. The average molecular weight is 350 g/mol. The van der Waals surface area contributed by atoms with Crippen LogP contribution in [0.3, 0.4) is 0 Å². The molecule has 2 aliphatic rings. The van der Waals surface area contributed by atoms with E-state index in [1.165, 1.54) is 12.8 Å². The van der Waals surface area contributed by atoms with E-state index in [4.69, 9.17) is 4.98 Å². The minimum Gasteiger partial charge on any atom is -0.331 e. The van der Waals surface area contributed by atoms with Crippen LogP contribution in [0, 0.1) is 6.92 Å². The minimum absolute atomic E-state index is 0.0217. The van der Waals surface area contributed by atoms with E-state index in [1.54, 1.807) is 0 Å². The van der Waals surface area contributed by atoms with Crippen LogP contribution in [0.25, 0.3) is 11.0 Å². The lowest BCUT2D eigenvalue weighted by Crippen LogP contribution is -2.34. The molecule has 1 N–H and O–H groups in total. The molecule has 7 nitrogen and oxygen atoms in total. The van der Waals surface area contributed by atoms with Crippen molar-refractivity contribution in [3.63, 3.8) is 0 Å². The number of fused-ring (bicyclic) bond motifs is 1. The lowest BCUT2D eigenvalue weighted by molar-refractivity contribution is -0.132. The number of imidazole rings is 1. The van der Waals surface area contributed by atoms with Gasteiger partial charge in [-0.15, -0.1) is 0 Å². The van der Waals surface area contributed by atoms with Gasteiger partial charge >= 0.3 is 0 Å². The van der Waals surface area contributed by atoms with E-state index in [-0.39, 0.29) is 11.9 Å². The molecule has 0 bridgehead atoms. The van der Waals surface area contributed by atoms with Crippen LogP contribution in [0.5, 0.6) is 0 Å². The summed E-state index contributed by atoms with van der Waals surface area (Å²) in [6, 6.07) is 8.07. The fourth-order valence-electron chi connectivity index (χ4n) is 3.98. The number of nitrogens with one attached hydrogen (secondary N) is 1. The number of aryl methyl sites for hydroxylation is 1. The number of hydrogen-bond donors (Lipinski definition) is 1. The second kappa shape index (κ2) is 5.93. The fraction of sp³-hybridized carbons (Fsp3) is 0.474. The number of amides is 1. The zero-order valence-corrected chi connectivity index (χ0v) is 14.9. The normalized spacial score (nSPS) is 20.2. The van der Waals surface area contributed by atoms with Crippen molar-refractivity contribution in [2.45, 2.75) is 51.1 Å². The Morgan fingerprint density at radius 1 is 1.23 bits per heavy atom. The molecule has 7 heteroatoms. The number of aromatic amines is 1. The summed E-state index contributed by atoms with van der Waals surface area (Å²) in [5.41, 5.74) is 2.03. The Balaban J connectivity index is 1.45. The van der Waals surface area contributed by atoms with Crippen molar-refractivity contribution in [3.8, 4) is 0 Å². The Bertz CT molecular complexity index is 969. The molecule has 134 valence electrons. The molecule has 0 unspecified atom stereocenters. The maximum Gasteiger partial charge on any atom is 0.243 e. The van der Waals surface area contributed by atoms with Gasteiger partial charge in [0.25, 0.3) is 0 Å². The molecule has 1 aliphatic carbocycles. The van der Waals surface area contributed by atoms with Crippen LogP contribution in [0.2, 0.25) is 0 Å². The highest BCUT2D eigenvalue weighted by atomic mass is 16.2. The van der Waals surface area contributed by atoms with E-state index in [2.05, 4.69) is 25.8 Å². The molecular weight excluding hydrogens is 328 g/mol. The van der Waals surface area contributed by atoms with Crippen molar-refractivity contribution < 1.29 is 4.79 Å². The van der Waals surface area contributed by atoms with Crippen LogP contribution in [-0.2, 0) is 11.3 Å². The van der Waals surface area contributed by atoms with Gasteiger partial charge in [-0.25, -0.2) is 9.97 Å². The third-order valence-electron chi connectivity index (χ3n) is 5.41. The molecule has 1 aliphatic heterocycles. The van der Waals surface area contributed by atoms with Gasteiger partial charge in [0.1, 0.15) is 18.2 Å². The Morgan fingerprint density at radius 3 is 2.85 bits per heavy atom. The van der Waals surface area contributed by atoms with Crippen molar-refractivity contribution in [1.29, 1.82) is 0 Å². The summed E-state index contributed by atoms with van der Waals surface area (Å²) in [5, 5.41) is 7.18. The van der Waals surface area contributed by atoms with Crippen LogP contribution < -0.4 is 0 Å². The smallest absolute Gasteiger partial charge is 0.243 e. The summed E-state index contributed by atoms with van der Waals surface area (Å²) < 4.78 is 2.12. The minimum atomic E-state index is -0.0217. The van der Waals surface area contributed by atoms with Crippen molar-refractivity contribution in [2.24, 2.45) is 0 Å². The zero-order valence-electron chi connectivity index (χ0n) is 14.9.